The number of anilines is 1. The van der Waals surface area contributed by atoms with Crippen LogP contribution >= 0.6 is 12.4 Å². The molecule has 1 aromatic heterocycles. The Bertz CT molecular complexity index is 922. The van der Waals surface area contributed by atoms with Crippen LogP contribution in [0.3, 0.4) is 0 Å². The molecule has 0 radical (unpaired) electrons. The summed E-state index contributed by atoms with van der Waals surface area (Å²) in [4.78, 5) is 12.2. The van der Waals surface area contributed by atoms with Crippen molar-refractivity contribution in [1.82, 2.24) is 15.1 Å². The second-order valence-corrected chi connectivity index (χ2v) is 6.77. The average Bonchev–Trinajstić information content (AvgIpc) is 2.93. The van der Waals surface area contributed by atoms with Gasteiger partial charge in [-0.15, -0.1) is 12.4 Å². The Morgan fingerprint density at radius 1 is 1.07 bits per heavy atom. The third-order valence-corrected chi connectivity index (χ3v) is 4.85. The van der Waals surface area contributed by atoms with Crippen molar-refractivity contribution >= 4 is 24.0 Å². The van der Waals surface area contributed by atoms with Gasteiger partial charge in [0.2, 0.25) is 5.91 Å². The lowest BCUT2D eigenvalue weighted by Gasteiger charge is -2.08. The summed E-state index contributed by atoms with van der Waals surface area (Å²) in [6, 6.07) is 17.9. The number of aromatic nitrogens is 2. The zero-order valence-electron chi connectivity index (χ0n) is 16.3. The van der Waals surface area contributed by atoms with Crippen molar-refractivity contribution in [3.63, 3.8) is 0 Å². The second-order valence-electron chi connectivity index (χ2n) is 6.77. The standard InChI is InChI=1S/C22H26N4O.ClH/c1-16-20(17(2)26(25-16)15-18-8-4-3-5-9-18)14-24-22(27)13-12-19-10-6-7-11-21(19)23;/h3-11H,12-15,23H2,1-2H3,(H,24,27);1H. The molecule has 2 aromatic carbocycles. The third kappa shape index (κ3) is 5.36. The normalized spacial score (nSPS) is 10.4. The Morgan fingerprint density at radius 2 is 1.75 bits per heavy atom. The minimum Gasteiger partial charge on any atom is -0.399 e. The zero-order chi connectivity index (χ0) is 19.2. The molecular weight excluding hydrogens is 372 g/mol. The van der Waals surface area contributed by atoms with Gasteiger partial charge in [0, 0.05) is 29.9 Å². The number of nitrogens with one attached hydrogen (secondary N) is 1. The molecule has 0 spiro atoms. The first-order chi connectivity index (χ1) is 13.0. The van der Waals surface area contributed by atoms with Gasteiger partial charge in [-0.3, -0.25) is 9.48 Å². The molecule has 3 aromatic rings. The number of carbonyl (C=O) groups excluding carboxylic acids is 1. The Labute approximate surface area is 172 Å². The lowest BCUT2D eigenvalue weighted by molar-refractivity contribution is -0.121. The number of hydrogen-bond donors (Lipinski definition) is 2. The number of para-hydroxylation sites is 1. The summed E-state index contributed by atoms with van der Waals surface area (Å²) in [7, 11) is 0. The molecular formula is C22H27ClN4O. The van der Waals surface area contributed by atoms with Crippen molar-refractivity contribution in [2.24, 2.45) is 0 Å². The highest BCUT2D eigenvalue weighted by atomic mass is 35.5. The first-order valence-corrected chi connectivity index (χ1v) is 9.21. The lowest BCUT2D eigenvalue weighted by atomic mass is 10.1. The van der Waals surface area contributed by atoms with Gasteiger partial charge in [-0.05, 0) is 37.5 Å². The summed E-state index contributed by atoms with van der Waals surface area (Å²) < 4.78 is 2.00. The number of benzene rings is 2. The fourth-order valence-corrected chi connectivity index (χ4v) is 3.19. The first kappa shape index (κ1) is 21.5. The molecule has 0 saturated heterocycles. The predicted molar refractivity (Wildman–Crippen MR) is 116 cm³/mol. The highest BCUT2D eigenvalue weighted by Gasteiger charge is 2.13. The second kappa shape index (κ2) is 9.95. The van der Waals surface area contributed by atoms with Gasteiger partial charge in [-0.1, -0.05) is 48.5 Å². The Morgan fingerprint density at radius 3 is 2.46 bits per heavy atom. The van der Waals surface area contributed by atoms with E-state index in [4.69, 9.17) is 5.73 Å². The van der Waals surface area contributed by atoms with Crippen LogP contribution in [0.1, 0.15) is 34.5 Å². The molecule has 3 rings (SSSR count). The largest absolute Gasteiger partial charge is 0.399 e. The smallest absolute Gasteiger partial charge is 0.220 e. The molecule has 0 aliphatic carbocycles. The average molecular weight is 399 g/mol. The monoisotopic (exact) mass is 398 g/mol. The summed E-state index contributed by atoms with van der Waals surface area (Å²) in [5.41, 5.74) is 12.0. The quantitative estimate of drug-likeness (QED) is 0.594. The maximum absolute atomic E-state index is 12.2. The Kier molecular flexibility index (Phi) is 7.64. The van der Waals surface area contributed by atoms with E-state index < -0.39 is 0 Å². The molecule has 0 saturated carbocycles. The SMILES string of the molecule is Cc1nn(Cc2ccccc2)c(C)c1CNC(=O)CCc1ccccc1N.Cl. The van der Waals surface area contributed by atoms with Crippen LogP contribution in [0.15, 0.2) is 54.6 Å². The maximum Gasteiger partial charge on any atom is 0.220 e. The van der Waals surface area contributed by atoms with Gasteiger partial charge < -0.3 is 11.1 Å². The summed E-state index contributed by atoms with van der Waals surface area (Å²) in [6.07, 6.45) is 1.06. The first-order valence-electron chi connectivity index (χ1n) is 9.21. The number of nitrogen functional groups attached to an aromatic ring is 1. The van der Waals surface area contributed by atoms with E-state index in [0.717, 1.165) is 34.7 Å². The number of nitrogens with two attached hydrogens (primary N) is 1. The number of rotatable bonds is 7. The van der Waals surface area contributed by atoms with Crippen LogP contribution in [0.25, 0.3) is 0 Å². The maximum atomic E-state index is 12.2. The van der Waals surface area contributed by atoms with Crippen molar-refractivity contribution in [2.75, 3.05) is 5.73 Å². The molecule has 6 heteroatoms. The van der Waals surface area contributed by atoms with Crippen LogP contribution in [0.5, 0.6) is 0 Å². The highest BCUT2D eigenvalue weighted by Crippen LogP contribution is 2.15. The molecule has 1 amide bonds. The Hall–Kier alpha value is -2.79. The van der Waals surface area contributed by atoms with Crippen LogP contribution in [0.4, 0.5) is 5.69 Å². The van der Waals surface area contributed by atoms with Crippen molar-refractivity contribution in [2.45, 2.75) is 39.8 Å². The molecule has 148 valence electrons. The van der Waals surface area contributed by atoms with E-state index >= 15 is 0 Å². The van der Waals surface area contributed by atoms with E-state index in [1.165, 1.54) is 5.56 Å². The minimum atomic E-state index is 0. The van der Waals surface area contributed by atoms with E-state index in [0.29, 0.717) is 19.4 Å². The van der Waals surface area contributed by atoms with E-state index in [2.05, 4.69) is 29.5 Å². The third-order valence-electron chi connectivity index (χ3n) is 4.85. The van der Waals surface area contributed by atoms with Crippen molar-refractivity contribution in [1.29, 1.82) is 0 Å². The molecule has 0 fully saturated rings. The van der Waals surface area contributed by atoms with E-state index in [1.807, 2.05) is 54.1 Å². The van der Waals surface area contributed by atoms with Crippen molar-refractivity contribution in [3.05, 3.63) is 82.7 Å². The van der Waals surface area contributed by atoms with Gasteiger partial charge >= 0.3 is 0 Å². The number of halogens is 1. The van der Waals surface area contributed by atoms with Crippen LogP contribution in [-0.2, 0) is 24.3 Å². The molecule has 0 aliphatic heterocycles. The highest BCUT2D eigenvalue weighted by molar-refractivity contribution is 5.85. The summed E-state index contributed by atoms with van der Waals surface area (Å²) in [5, 5.41) is 7.65. The number of aryl methyl sites for hydroxylation is 2. The molecule has 5 nitrogen and oxygen atoms in total. The summed E-state index contributed by atoms with van der Waals surface area (Å²) >= 11 is 0. The van der Waals surface area contributed by atoms with Gasteiger partial charge in [0.1, 0.15) is 0 Å². The summed E-state index contributed by atoms with van der Waals surface area (Å²) in [6.45, 7) is 5.26. The van der Waals surface area contributed by atoms with Crippen LogP contribution in [0.2, 0.25) is 0 Å². The Balaban J connectivity index is 0.00000280. The van der Waals surface area contributed by atoms with Gasteiger partial charge in [-0.25, -0.2) is 0 Å². The molecule has 0 atom stereocenters. The van der Waals surface area contributed by atoms with E-state index in [-0.39, 0.29) is 18.3 Å². The molecule has 0 bridgehead atoms. The zero-order valence-corrected chi connectivity index (χ0v) is 17.1. The minimum absolute atomic E-state index is 0. The molecule has 0 aliphatic rings. The van der Waals surface area contributed by atoms with Crippen molar-refractivity contribution in [3.8, 4) is 0 Å². The van der Waals surface area contributed by atoms with E-state index in [9.17, 15) is 4.79 Å². The fourth-order valence-electron chi connectivity index (χ4n) is 3.19. The number of amides is 1. The molecule has 1 heterocycles. The lowest BCUT2D eigenvalue weighted by Crippen LogP contribution is -2.23. The van der Waals surface area contributed by atoms with Crippen LogP contribution < -0.4 is 11.1 Å². The van der Waals surface area contributed by atoms with Crippen molar-refractivity contribution < 1.29 is 4.79 Å². The van der Waals surface area contributed by atoms with Gasteiger partial charge in [0.25, 0.3) is 0 Å². The molecule has 28 heavy (non-hydrogen) atoms. The fraction of sp³-hybridized carbons (Fsp3) is 0.273. The number of nitrogens with zero attached hydrogens (tertiary/aromatic N) is 2. The predicted octanol–water partition coefficient (Wildman–Crippen LogP) is 3.80. The van der Waals surface area contributed by atoms with Crippen LogP contribution in [0, 0.1) is 13.8 Å². The topological polar surface area (TPSA) is 72.9 Å². The molecule has 0 unspecified atom stereocenters. The van der Waals surface area contributed by atoms with E-state index in [1.54, 1.807) is 0 Å². The van der Waals surface area contributed by atoms with Crippen LogP contribution in [-0.4, -0.2) is 15.7 Å². The number of hydrogen-bond acceptors (Lipinski definition) is 3. The van der Waals surface area contributed by atoms with Gasteiger partial charge in [0.15, 0.2) is 0 Å². The molecule has 3 N–H and O–H groups in total. The number of carbonyl (C=O) groups is 1. The van der Waals surface area contributed by atoms with Gasteiger partial charge in [0.05, 0.1) is 12.2 Å². The van der Waals surface area contributed by atoms with Gasteiger partial charge in [-0.2, -0.15) is 5.10 Å². The summed E-state index contributed by atoms with van der Waals surface area (Å²) in [5.74, 6) is 0.0212.